The zero-order chi connectivity index (χ0) is 12.4. The van der Waals surface area contributed by atoms with Crippen LogP contribution in [0.3, 0.4) is 0 Å². The monoisotopic (exact) mass is 238 g/mol. The van der Waals surface area contributed by atoms with Crippen molar-refractivity contribution < 1.29 is 4.39 Å². The summed E-state index contributed by atoms with van der Waals surface area (Å²) in [5.41, 5.74) is 2.71. The van der Waals surface area contributed by atoms with Crippen LogP contribution >= 0.6 is 0 Å². The number of hydrogen-bond donors (Lipinski definition) is 1. The second-order valence-corrected chi connectivity index (χ2v) is 3.99. The number of halogens is 1. The smallest absolute Gasteiger partial charge is 0.137 e. The first-order valence-corrected chi connectivity index (χ1v) is 5.69. The molecule has 0 aliphatic heterocycles. The fraction of sp³-hybridized carbons (Fsp3) is 0. The normalized spacial score (nSPS) is 10.5. The molecule has 2 aromatic carbocycles. The van der Waals surface area contributed by atoms with Gasteiger partial charge in [-0.2, -0.15) is 0 Å². The zero-order valence-electron chi connectivity index (χ0n) is 9.60. The Morgan fingerprint density at radius 1 is 0.944 bits per heavy atom. The van der Waals surface area contributed by atoms with E-state index in [2.05, 4.69) is 9.97 Å². The fourth-order valence-corrected chi connectivity index (χ4v) is 1.99. The molecule has 0 spiro atoms. The lowest BCUT2D eigenvalue weighted by atomic mass is 9.99. The molecule has 1 N–H and O–H groups in total. The number of aromatic amines is 1. The standard InChI is InChI=1S/C15H11FN2/c16-12-6-7-13(15-17-8-9-18-15)14(10-12)11-4-2-1-3-5-11/h1-10H,(H,17,18). The zero-order valence-corrected chi connectivity index (χ0v) is 9.60. The molecule has 1 heterocycles. The molecule has 0 saturated heterocycles. The lowest BCUT2D eigenvalue weighted by Gasteiger charge is -2.08. The lowest BCUT2D eigenvalue weighted by molar-refractivity contribution is 0.628. The molecule has 2 nitrogen and oxygen atoms in total. The molecule has 1 aromatic heterocycles. The van der Waals surface area contributed by atoms with Gasteiger partial charge in [-0.3, -0.25) is 0 Å². The van der Waals surface area contributed by atoms with Crippen LogP contribution in [-0.2, 0) is 0 Å². The van der Waals surface area contributed by atoms with Crippen molar-refractivity contribution in [3.05, 3.63) is 66.7 Å². The summed E-state index contributed by atoms with van der Waals surface area (Å²) >= 11 is 0. The minimum Gasteiger partial charge on any atom is -0.345 e. The highest BCUT2D eigenvalue weighted by Gasteiger charge is 2.09. The summed E-state index contributed by atoms with van der Waals surface area (Å²) < 4.78 is 13.4. The van der Waals surface area contributed by atoms with E-state index in [9.17, 15) is 4.39 Å². The van der Waals surface area contributed by atoms with Crippen molar-refractivity contribution in [2.75, 3.05) is 0 Å². The third-order valence-electron chi connectivity index (χ3n) is 2.82. The van der Waals surface area contributed by atoms with E-state index < -0.39 is 0 Å². The Balaban J connectivity index is 2.22. The van der Waals surface area contributed by atoms with Gasteiger partial charge in [-0.25, -0.2) is 9.37 Å². The number of rotatable bonds is 2. The number of nitrogens with one attached hydrogen (secondary N) is 1. The summed E-state index contributed by atoms with van der Waals surface area (Å²) in [7, 11) is 0. The first-order chi connectivity index (χ1) is 8.84. The third-order valence-corrected chi connectivity index (χ3v) is 2.82. The topological polar surface area (TPSA) is 28.7 Å². The Labute approximate surface area is 104 Å². The Morgan fingerprint density at radius 2 is 1.78 bits per heavy atom. The second kappa shape index (κ2) is 4.45. The van der Waals surface area contributed by atoms with Crippen LogP contribution < -0.4 is 0 Å². The SMILES string of the molecule is Fc1ccc(-c2ncc[nH]2)c(-c2ccccc2)c1. The number of imidazole rings is 1. The van der Waals surface area contributed by atoms with Crippen LogP contribution in [0.2, 0.25) is 0 Å². The predicted molar refractivity (Wildman–Crippen MR) is 69.4 cm³/mol. The number of nitrogens with zero attached hydrogens (tertiary/aromatic N) is 1. The fourth-order valence-electron chi connectivity index (χ4n) is 1.99. The number of hydrogen-bond acceptors (Lipinski definition) is 1. The van der Waals surface area contributed by atoms with Crippen molar-refractivity contribution >= 4 is 0 Å². The maximum Gasteiger partial charge on any atom is 0.137 e. The molecule has 0 aliphatic rings. The largest absolute Gasteiger partial charge is 0.345 e. The highest BCUT2D eigenvalue weighted by atomic mass is 19.1. The van der Waals surface area contributed by atoms with E-state index in [1.165, 1.54) is 12.1 Å². The van der Waals surface area contributed by atoms with Gasteiger partial charge in [0.05, 0.1) is 0 Å². The summed E-state index contributed by atoms with van der Waals surface area (Å²) in [6.45, 7) is 0. The number of benzene rings is 2. The molecule has 0 fully saturated rings. The number of H-pyrrole nitrogens is 1. The van der Waals surface area contributed by atoms with E-state index in [0.717, 1.165) is 22.5 Å². The molecule has 0 aliphatic carbocycles. The first-order valence-electron chi connectivity index (χ1n) is 5.69. The lowest BCUT2D eigenvalue weighted by Crippen LogP contribution is -1.88. The second-order valence-electron chi connectivity index (χ2n) is 3.99. The third kappa shape index (κ3) is 1.91. The van der Waals surface area contributed by atoms with E-state index in [4.69, 9.17) is 0 Å². The molecule has 0 saturated carbocycles. The van der Waals surface area contributed by atoms with Crippen LogP contribution in [0.5, 0.6) is 0 Å². The molecular formula is C15H11FN2. The molecule has 3 heteroatoms. The van der Waals surface area contributed by atoms with Crippen LogP contribution in [-0.4, -0.2) is 9.97 Å². The Kier molecular flexibility index (Phi) is 2.65. The molecule has 3 rings (SSSR count). The molecular weight excluding hydrogens is 227 g/mol. The van der Waals surface area contributed by atoms with Gasteiger partial charge >= 0.3 is 0 Å². The molecule has 18 heavy (non-hydrogen) atoms. The average Bonchev–Trinajstić information content (AvgIpc) is 2.93. The Morgan fingerprint density at radius 3 is 2.50 bits per heavy atom. The van der Waals surface area contributed by atoms with Crippen LogP contribution in [0.15, 0.2) is 60.9 Å². The van der Waals surface area contributed by atoms with Gasteiger partial charge in [0.15, 0.2) is 0 Å². The molecule has 3 aromatic rings. The van der Waals surface area contributed by atoms with E-state index in [-0.39, 0.29) is 5.82 Å². The Hall–Kier alpha value is -2.42. The van der Waals surface area contributed by atoms with Crippen molar-refractivity contribution in [3.8, 4) is 22.5 Å². The van der Waals surface area contributed by atoms with Gasteiger partial charge in [0, 0.05) is 18.0 Å². The Bertz CT molecular complexity index is 646. The molecule has 88 valence electrons. The van der Waals surface area contributed by atoms with Gasteiger partial charge in [-0.05, 0) is 29.3 Å². The van der Waals surface area contributed by atoms with Crippen LogP contribution in [0, 0.1) is 5.82 Å². The van der Waals surface area contributed by atoms with Crippen molar-refractivity contribution in [1.82, 2.24) is 9.97 Å². The summed E-state index contributed by atoms with van der Waals surface area (Å²) in [6.07, 6.45) is 3.45. The molecule has 0 unspecified atom stereocenters. The van der Waals surface area contributed by atoms with E-state index in [0.29, 0.717) is 0 Å². The van der Waals surface area contributed by atoms with Crippen LogP contribution in [0.1, 0.15) is 0 Å². The summed E-state index contributed by atoms with van der Waals surface area (Å²) in [5.74, 6) is 0.498. The molecule has 0 radical (unpaired) electrons. The average molecular weight is 238 g/mol. The minimum absolute atomic E-state index is 0.246. The van der Waals surface area contributed by atoms with Gasteiger partial charge in [0.1, 0.15) is 11.6 Å². The van der Waals surface area contributed by atoms with Crippen molar-refractivity contribution in [3.63, 3.8) is 0 Å². The van der Waals surface area contributed by atoms with Crippen molar-refractivity contribution in [2.24, 2.45) is 0 Å². The summed E-state index contributed by atoms with van der Waals surface area (Å²) in [5, 5.41) is 0. The molecule has 0 amide bonds. The summed E-state index contributed by atoms with van der Waals surface area (Å²) in [6, 6.07) is 14.5. The minimum atomic E-state index is -0.246. The van der Waals surface area contributed by atoms with E-state index in [1.807, 2.05) is 30.3 Å². The van der Waals surface area contributed by atoms with Gasteiger partial charge in [0.2, 0.25) is 0 Å². The van der Waals surface area contributed by atoms with Gasteiger partial charge in [0.25, 0.3) is 0 Å². The van der Waals surface area contributed by atoms with Gasteiger partial charge < -0.3 is 4.98 Å². The highest BCUT2D eigenvalue weighted by Crippen LogP contribution is 2.30. The molecule has 0 bridgehead atoms. The predicted octanol–water partition coefficient (Wildman–Crippen LogP) is 3.88. The number of aromatic nitrogens is 2. The summed E-state index contributed by atoms with van der Waals surface area (Å²) in [4.78, 5) is 7.27. The molecule has 0 atom stereocenters. The van der Waals surface area contributed by atoms with Gasteiger partial charge in [-0.15, -0.1) is 0 Å². The van der Waals surface area contributed by atoms with Gasteiger partial charge in [-0.1, -0.05) is 30.3 Å². The van der Waals surface area contributed by atoms with Crippen molar-refractivity contribution in [1.29, 1.82) is 0 Å². The first kappa shape index (κ1) is 10.7. The highest BCUT2D eigenvalue weighted by molar-refractivity contribution is 5.80. The van der Waals surface area contributed by atoms with E-state index >= 15 is 0 Å². The van der Waals surface area contributed by atoms with Crippen molar-refractivity contribution in [2.45, 2.75) is 0 Å². The van der Waals surface area contributed by atoms with Crippen LogP contribution in [0.4, 0.5) is 4.39 Å². The maximum atomic E-state index is 13.4. The van der Waals surface area contributed by atoms with Crippen LogP contribution in [0.25, 0.3) is 22.5 Å². The quantitative estimate of drug-likeness (QED) is 0.721. The van der Waals surface area contributed by atoms with E-state index in [1.54, 1.807) is 18.5 Å². The maximum absolute atomic E-state index is 13.4.